The number of anilines is 1. The van der Waals surface area contributed by atoms with Crippen molar-refractivity contribution < 1.29 is 23.9 Å². The van der Waals surface area contributed by atoms with Crippen LogP contribution in [-0.2, 0) is 9.59 Å². The highest BCUT2D eigenvalue weighted by atomic mass is 16.5. The molecule has 150 valence electrons. The highest BCUT2D eigenvalue weighted by Crippen LogP contribution is 2.42. The number of rotatable bonds is 4. The van der Waals surface area contributed by atoms with E-state index in [0.29, 0.717) is 28.7 Å². The van der Waals surface area contributed by atoms with Gasteiger partial charge < -0.3 is 9.47 Å². The summed E-state index contributed by atoms with van der Waals surface area (Å²) in [6.45, 7) is 2.13. The Morgan fingerprint density at radius 2 is 1.66 bits per heavy atom. The van der Waals surface area contributed by atoms with Crippen LogP contribution in [0, 0.1) is 17.8 Å². The van der Waals surface area contributed by atoms with Crippen LogP contribution in [0.25, 0.3) is 0 Å². The molecular formula is C23H23NO5. The van der Waals surface area contributed by atoms with E-state index in [4.69, 9.17) is 9.47 Å². The van der Waals surface area contributed by atoms with Crippen molar-refractivity contribution in [2.75, 3.05) is 12.0 Å². The van der Waals surface area contributed by atoms with E-state index in [-0.39, 0.29) is 23.7 Å². The van der Waals surface area contributed by atoms with Crippen molar-refractivity contribution in [2.45, 2.75) is 26.2 Å². The summed E-state index contributed by atoms with van der Waals surface area (Å²) in [5.41, 5.74) is 0.835. The van der Waals surface area contributed by atoms with Gasteiger partial charge in [0.05, 0.1) is 24.6 Å². The van der Waals surface area contributed by atoms with Crippen molar-refractivity contribution in [3.63, 3.8) is 0 Å². The Morgan fingerprint density at radius 3 is 2.38 bits per heavy atom. The number of carbonyl (C=O) groups is 3. The molecule has 2 amide bonds. The van der Waals surface area contributed by atoms with E-state index in [1.54, 1.807) is 48.5 Å². The molecule has 6 heteroatoms. The number of imide groups is 1. The molecule has 0 bridgehead atoms. The van der Waals surface area contributed by atoms with Crippen molar-refractivity contribution in [3.8, 4) is 11.5 Å². The second kappa shape index (κ2) is 7.70. The zero-order valence-corrected chi connectivity index (χ0v) is 16.5. The monoisotopic (exact) mass is 393 g/mol. The van der Waals surface area contributed by atoms with Gasteiger partial charge in [-0.15, -0.1) is 0 Å². The molecule has 29 heavy (non-hydrogen) atoms. The average molecular weight is 393 g/mol. The van der Waals surface area contributed by atoms with Crippen LogP contribution in [0.15, 0.2) is 48.5 Å². The van der Waals surface area contributed by atoms with Gasteiger partial charge in [0.25, 0.3) is 0 Å². The van der Waals surface area contributed by atoms with Crippen LogP contribution >= 0.6 is 0 Å². The number of esters is 1. The molecule has 3 atom stereocenters. The molecule has 2 fully saturated rings. The topological polar surface area (TPSA) is 72.9 Å². The van der Waals surface area contributed by atoms with Gasteiger partial charge >= 0.3 is 5.97 Å². The Balaban J connectivity index is 1.50. The average Bonchev–Trinajstić information content (AvgIpc) is 2.98. The lowest BCUT2D eigenvalue weighted by Gasteiger charge is -2.25. The second-order valence-corrected chi connectivity index (χ2v) is 7.73. The molecule has 2 aromatic rings. The minimum Gasteiger partial charge on any atom is -0.496 e. The number of methoxy groups -OCH3 is 1. The minimum absolute atomic E-state index is 0.120. The number of nitrogens with zero attached hydrogens (tertiary/aromatic N) is 1. The predicted molar refractivity (Wildman–Crippen MR) is 107 cm³/mol. The van der Waals surface area contributed by atoms with Crippen LogP contribution in [0.1, 0.15) is 36.5 Å². The molecule has 1 saturated carbocycles. The maximum absolute atomic E-state index is 12.8. The first-order chi connectivity index (χ1) is 14.0. The van der Waals surface area contributed by atoms with Gasteiger partial charge in [-0.3, -0.25) is 14.5 Å². The molecule has 1 aliphatic carbocycles. The van der Waals surface area contributed by atoms with Crippen LogP contribution in [0.2, 0.25) is 0 Å². The fourth-order valence-corrected chi connectivity index (χ4v) is 4.28. The van der Waals surface area contributed by atoms with Crippen molar-refractivity contribution in [1.82, 2.24) is 0 Å². The number of carbonyl (C=O) groups excluding carboxylic acids is 3. The van der Waals surface area contributed by atoms with Crippen molar-refractivity contribution in [1.29, 1.82) is 0 Å². The molecule has 1 saturated heterocycles. The number of amides is 2. The van der Waals surface area contributed by atoms with E-state index < -0.39 is 5.97 Å². The van der Waals surface area contributed by atoms with Crippen molar-refractivity contribution in [2.24, 2.45) is 17.8 Å². The highest BCUT2D eigenvalue weighted by Gasteiger charge is 2.49. The molecule has 1 heterocycles. The molecule has 6 nitrogen and oxygen atoms in total. The van der Waals surface area contributed by atoms with E-state index in [0.717, 1.165) is 19.3 Å². The SMILES string of the molecule is COc1ccccc1C(=O)Oc1ccc(N2C(=O)[C@H]3CC[C@H](C)C[C@H]3C2=O)cc1. The summed E-state index contributed by atoms with van der Waals surface area (Å²) in [6, 6.07) is 13.3. The van der Waals surface area contributed by atoms with Gasteiger partial charge in [-0.2, -0.15) is 0 Å². The lowest BCUT2D eigenvalue weighted by Crippen LogP contribution is -2.30. The summed E-state index contributed by atoms with van der Waals surface area (Å²) in [7, 11) is 1.49. The first-order valence-electron chi connectivity index (χ1n) is 9.82. The van der Waals surface area contributed by atoms with Gasteiger partial charge in [0, 0.05) is 0 Å². The van der Waals surface area contributed by atoms with Crippen molar-refractivity contribution >= 4 is 23.5 Å². The van der Waals surface area contributed by atoms with E-state index in [9.17, 15) is 14.4 Å². The Bertz CT molecular complexity index is 952. The first-order valence-corrected chi connectivity index (χ1v) is 9.82. The molecule has 0 aromatic heterocycles. The van der Waals surface area contributed by atoms with Crippen LogP contribution in [-0.4, -0.2) is 24.9 Å². The largest absolute Gasteiger partial charge is 0.496 e. The number of hydrogen-bond donors (Lipinski definition) is 0. The number of ether oxygens (including phenoxy) is 2. The lowest BCUT2D eigenvalue weighted by molar-refractivity contribution is -0.122. The van der Waals surface area contributed by atoms with Gasteiger partial charge in [-0.1, -0.05) is 19.1 Å². The summed E-state index contributed by atoms with van der Waals surface area (Å²) in [5, 5.41) is 0. The molecular weight excluding hydrogens is 370 g/mol. The number of hydrogen-bond acceptors (Lipinski definition) is 5. The third kappa shape index (κ3) is 3.50. The molecule has 2 aliphatic rings. The quantitative estimate of drug-likeness (QED) is 0.448. The van der Waals surface area contributed by atoms with E-state index in [1.165, 1.54) is 12.0 Å². The predicted octanol–water partition coefficient (Wildman–Crippen LogP) is 3.84. The molecule has 4 rings (SSSR count). The first kappa shape index (κ1) is 19.2. The fourth-order valence-electron chi connectivity index (χ4n) is 4.28. The summed E-state index contributed by atoms with van der Waals surface area (Å²) >= 11 is 0. The highest BCUT2D eigenvalue weighted by molar-refractivity contribution is 6.22. The minimum atomic E-state index is -0.538. The summed E-state index contributed by atoms with van der Waals surface area (Å²) in [6.07, 6.45) is 2.51. The van der Waals surface area contributed by atoms with Gasteiger partial charge in [-0.05, 0) is 61.6 Å². The Morgan fingerprint density at radius 1 is 0.966 bits per heavy atom. The van der Waals surface area contributed by atoms with Gasteiger partial charge in [0.2, 0.25) is 11.8 Å². The van der Waals surface area contributed by atoms with Crippen molar-refractivity contribution in [3.05, 3.63) is 54.1 Å². The third-order valence-corrected chi connectivity index (χ3v) is 5.82. The fraction of sp³-hybridized carbons (Fsp3) is 0.348. The van der Waals surface area contributed by atoms with Gasteiger partial charge in [-0.25, -0.2) is 4.79 Å². The zero-order chi connectivity index (χ0) is 20.5. The molecule has 0 radical (unpaired) electrons. The van der Waals surface area contributed by atoms with E-state index in [2.05, 4.69) is 6.92 Å². The Hall–Kier alpha value is -3.15. The Kier molecular flexibility index (Phi) is 5.09. The number of benzene rings is 2. The molecule has 0 N–H and O–H groups in total. The molecule has 0 unspecified atom stereocenters. The summed E-state index contributed by atoms with van der Waals surface area (Å²) < 4.78 is 10.6. The van der Waals surface area contributed by atoms with Gasteiger partial charge in [0.15, 0.2) is 0 Å². The summed E-state index contributed by atoms with van der Waals surface area (Å²) in [5.74, 6) is 0.0225. The lowest BCUT2D eigenvalue weighted by atomic mass is 9.76. The normalized spacial score (nSPS) is 23.7. The third-order valence-electron chi connectivity index (χ3n) is 5.82. The van der Waals surface area contributed by atoms with Crippen LogP contribution in [0.3, 0.4) is 0 Å². The smallest absolute Gasteiger partial charge is 0.347 e. The van der Waals surface area contributed by atoms with Crippen LogP contribution in [0.5, 0.6) is 11.5 Å². The number of fused-ring (bicyclic) bond motifs is 1. The van der Waals surface area contributed by atoms with Crippen LogP contribution < -0.4 is 14.4 Å². The standard InChI is InChI=1S/C23H23NO5/c1-14-7-12-17-19(13-14)22(26)24(21(17)25)15-8-10-16(11-9-15)29-23(27)18-5-3-4-6-20(18)28-2/h3-6,8-11,14,17,19H,7,12-13H2,1-2H3/t14-,17-,19+/m0/s1. The number of para-hydroxylation sites is 1. The van der Waals surface area contributed by atoms with Crippen LogP contribution in [0.4, 0.5) is 5.69 Å². The molecule has 0 spiro atoms. The maximum atomic E-state index is 12.8. The van der Waals surface area contributed by atoms with Gasteiger partial charge in [0.1, 0.15) is 17.1 Å². The summed E-state index contributed by atoms with van der Waals surface area (Å²) in [4.78, 5) is 39.3. The van der Waals surface area contributed by atoms with E-state index >= 15 is 0 Å². The second-order valence-electron chi connectivity index (χ2n) is 7.73. The zero-order valence-electron chi connectivity index (χ0n) is 16.5. The van der Waals surface area contributed by atoms with E-state index in [1.807, 2.05) is 0 Å². The Labute approximate surface area is 169 Å². The molecule has 2 aromatic carbocycles. The molecule has 1 aliphatic heterocycles. The maximum Gasteiger partial charge on any atom is 0.347 e.